The van der Waals surface area contributed by atoms with Crippen molar-refractivity contribution < 1.29 is 4.74 Å². The van der Waals surface area contributed by atoms with Gasteiger partial charge in [0, 0.05) is 24.0 Å². The highest BCUT2D eigenvalue weighted by atomic mass is 32.2. The number of pyridine rings is 1. The third kappa shape index (κ3) is 4.86. The van der Waals surface area contributed by atoms with E-state index >= 15 is 0 Å². The van der Waals surface area contributed by atoms with Crippen molar-refractivity contribution in [3.63, 3.8) is 0 Å². The van der Waals surface area contributed by atoms with E-state index in [4.69, 9.17) is 4.74 Å². The molecule has 0 aliphatic carbocycles. The Morgan fingerprint density at radius 1 is 1.12 bits per heavy atom. The van der Waals surface area contributed by atoms with E-state index in [1.54, 1.807) is 12.4 Å². The third-order valence-electron chi connectivity index (χ3n) is 3.98. The summed E-state index contributed by atoms with van der Waals surface area (Å²) < 4.78 is 8.01. The highest BCUT2D eigenvalue weighted by molar-refractivity contribution is 7.98. The van der Waals surface area contributed by atoms with Gasteiger partial charge in [0.2, 0.25) is 0 Å². The van der Waals surface area contributed by atoms with Crippen LogP contribution in [0.15, 0.2) is 61.2 Å². The summed E-state index contributed by atoms with van der Waals surface area (Å²) in [5.41, 5.74) is 3.59. The molecule has 3 aromatic rings. The van der Waals surface area contributed by atoms with Gasteiger partial charge in [-0.1, -0.05) is 30.3 Å². The molecule has 4 nitrogen and oxygen atoms in total. The smallest absolute Gasteiger partial charge is 0.137 e. The van der Waals surface area contributed by atoms with E-state index in [2.05, 4.69) is 45.1 Å². The van der Waals surface area contributed by atoms with Gasteiger partial charge in [-0.2, -0.15) is 11.8 Å². The molecule has 3 rings (SSSR count). The molecular formula is C20H23N3OS. The molecule has 130 valence electrons. The van der Waals surface area contributed by atoms with E-state index in [-0.39, 0.29) is 0 Å². The van der Waals surface area contributed by atoms with Crippen molar-refractivity contribution in [2.24, 2.45) is 0 Å². The Hall–Kier alpha value is -2.27. The standard InChI is InChI=1S/C20H23N3OS/c1-25-14-10-19-20(17-7-3-2-4-8-17)22-16-23(19)12-6-13-24-18-9-5-11-21-15-18/h2-5,7-9,11,15-16H,6,10,12-14H2,1H3. The van der Waals surface area contributed by atoms with Gasteiger partial charge in [0.05, 0.1) is 24.8 Å². The Bertz CT molecular complexity index is 759. The molecule has 25 heavy (non-hydrogen) atoms. The normalized spacial score (nSPS) is 10.8. The van der Waals surface area contributed by atoms with Gasteiger partial charge in [-0.15, -0.1) is 0 Å². The van der Waals surface area contributed by atoms with Gasteiger partial charge in [-0.3, -0.25) is 4.98 Å². The Morgan fingerprint density at radius 2 is 2.00 bits per heavy atom. The first-order valence-corrected chi connectivity index (χ1v) is 9.89. The summed E-state index contributed by atoms with van der Waals surface area (Å²) >= 11 is 1.87. The molecule has 2 aromatic heterocycles. The fraction of sp³-hybridized carbons (Fsp3) is 0.300. The number of thioether (sulfide) groups is 1. The summed E-state index contributed by atoms with van der Waals surface area (Å²) in [5, 5.41) is 0. The zero-order valence-electron chi connectivity index (χ0n) is 14.5. The van der Waals surface area contributed by atoms with Gasteiger partial charge in [0.1, 0.15) is 5.75 Å². The molecular weight excluding hydrogens is 330 g/mol. The molecule has 0 aliphatic heterocycles. The van der Waals surface area contributed by atoms with Crippen LogP contribution in [-0.2, 0) is 13.0 Å². The van der Waals surface area contributed by atoms with Crippen molar-refractivity contribution in [2.45, 2.75) is 19.4 Å². The zero-order valence-corrected chi connectivity index (χ0v) is 15.3. The third-order valence-corrected chi connectivity index (χ3v) is 4.60. The minimum absolute atomic E-state index is 0.673. The second-order valence-corrected chi connectivity index (χ2v) is 6.72. The first-order valence-electron chi connectivity index (χ1n) is 8.49. The Balaban J connectivity index is 1.65. The van der Waals surface area contributed by atoms with Crippen LogP contribution in [0.3, 0.4) is 0 Å². The number of benzene rings is 1. The number of ether oxygens (including phenoxy) is 1. The molecule has 2 heterocycles. The molecule has 0 fully saturated rings. The van der Waals surface area contributed by atoms with Crippen LogP contribution < -0.4 is 4.74 Å². The molecule has 0 spiro atoms. The van der Waals surface area contributed by atoms with Gasteiger partial charge >= 0.3 is 0 Å². The maximum Gasteiger partial charge on any atom is 0.137 e. The lowest BCUT2D eigenvalue weighted by Crippen LogP contribution is -2.08. The lowest BCUT2D eigenvalue weighted by molar-refractivity contribution is 0.300. The van der Waals surface area contributed by atoms with Gasteiger partial charge < -0.3 is 9.30 Å². The summed E-state index contributed by atoms with van der Waals surface area (Å²) in [6.07, 6.45) is 9.56. The van der Waals surface area contributed by atoms with Crippen molar-refractivity contribution in [2.75, 3.05) is 18.6 Å². The second-order valence-electron chi connectivity index (χ2n) is 5.73. The highest BCUT2D eigenvalue weighted by Crippen LogP contribution is 2.23. The Morgan fingerprint density at radius 3 is 2.76 bits per heavy atom. The number of hydrogen-bond donors (Lipinski definition) is 0. The molecule has 0 unspecified atom stereocenters. The molecule has 0 saturated heterocycles. The van der Waals surface area contributed by atoms with Crippen LogP contribution in [0.5, 0.6) is 5.75 Å². The molecule has 1 aromatic carbocycles. The molecule has 0 bridgehead atoms. The van der Waals surface area contributed by atoms with Crippen molar-refractivity contribution in [1.82, 2.24) is 14.5 Å². The van der Waals surface area contributed by atoms with Crippen molar-refractivity contribution in [3.05, 3.63) is 66.9 Å². The predicted molar refractivity (Wildman–Crippen MR) is 104 cm³/mol. The van der Waals surface area contributed by atoms with E-state index < -0.39 is 0 Å². The molecule has 0 N–H and O–H groups in total. The highest BCUT2D eigenvalue weighted by Gasteiger charge is 2.12. The monoisotopic (exact) mass is 353 g/mol. The van der Waals surface area contributed by atoms with Crippen LogP contribution in [0.2, 0.25) is 0 Å². The molecule has 0 atom stereocenters. The van der Waals surface area contributed by atoms with Gasteiger partial charge in [-0.25, -0.2) is 4.98 Å². The van der Waals surface area contributed by atoms with E-state index in [1.807, 2.05) is 36.3 Å². The van der Waals surface area contributed by atoms with Crippen molar-refractivity contribution >= 4 is 11.8 Å². The van der Waals surface area contributed by atoms with Crippen LogP contribution in [0, 0.1) is 0 Å². The second kappa shape index (κ2) is 9.28. The molecule has 0 radical (unpaired) electrons. The lowest BCUT2D eigenvalue weighted by Gasteiger charge is -2.11. The maximum atomic E-state index is 5.74. The lowest BCUT2D eigenvalue weighted by atomic mass is 10.1. The topological polar surface area (TPSA) is 39.9 Å². The number of nitrogens with zero attached hydrogens (tertiary/aromatic N) is 3. The number of rotatable bonds is 9. The first-order chi connectivity index (χ1) is 12.4. The average Bonchev–Trinajstić information content (AvgIpc) is 3.08. The minimum Gasteiger partial charge on any atom is -0.492 e. The maximum absolute atomic E-state index is 5.74. The average molecular weight is 353 g/mol. The van der Waals surface area contributed by atoms with Crippen LogP contribution in [0.25, 0.3) is 11.3 Å². The largest absolute Gasteiger partial charge is 0.492 e. The van der Waals surface area contributed by atoms with Gasteiger partial charge in [0.15, 0.2) is 0 Å². The fourth-order valence-electron chi connectivity index (χ4n) is 2.76. The number of aromatic nitrogens is 3. The van der Waals surface area contributed by atoms with Crippen molar-refractivity contribution in [3.8, 4) is 17.0 Å². The SMILES string of the molecule is CSCCc1c(-c2ccccc2)ncn1CCCOc1cccnc1. The fourth-order valence-corrected chi connectivity index (χ4v) is 3.15. The summed E-state index contributed by atoms with van der Waals surface area (Å²) in [6, 6.07) is 14.2. The molecule has 0 aliphatic rings. The van der Waals surface area contributed by atoms with Gasteiger partial charge in [0.25, 0.3) is 0 Å². The summed E-state index contributed by atoms with van der Waals surface area (Å²) in [6.45, 7) is 1.58. The van der Waals surface area contributed by atoms with E-state index in [1.165, 1.54) is 11.3 Å². The predicted octanol–water partition coefficient (Wildman–Crippen LogP) is 4.32. The number of imidazole rings is 1. The summed E-state index contributed by atoms with van der Waals surface area (Å²) in [5.74, 6) is 1.92. The summed E-state index contributed by atoms with van der Waals surface area (Å²) in [7, 11) is 0. The quantitative estimate of drug-likeness (QED) is 0.537. The van der Waals surface area contributed by atoms with Crippen LogP contribution in [0.4, 0.5) is 0 Å². The number of aryl methyl sites for hydroxylation is 1. The van der Waals surface area contributed by atoms with E-state index in [0.29, 0.717) is 6.61 Å². The Labute approximate surface area is 153 Å². The van der Waals surface area contributed by atoms with Crippen LogP contribution in [0.1, 0.15) is 12.1 Å². The molecule has 5 heteroatoms. The molecule has 0 saturated carbocycles. The molecule has 0 amide bonds. The minimum atomic E-state index is 0.673. The summed E-state index contributed by atoms with van der Waals surface area (Å²) in [4.78, 5) is 8.74. The van der Waals surface area contributed by atoms with E-state index in [0.717, 1.165) is 36.6 Å². The van der Waals surface area contributed by atoms with Crippen LogP contribution in [-0.4, -0.2) is 33.2 Å². The van der Waals surface area contributed by atoms with E-state index in [9.17, 15) is 0 Å². The van der Waals surface area contributed by atoms with Crippen molar-refractivity contribution in [1.29, 1.82) is 0 Å². The Kier molecular flexibility index (Phi) is 6.51. The van der Waals surface area contributed by atoms with Crippen LogP contribution >= 0.6 is 11.8 Å². The zero-order chi connectivity index (χ0) is 17.3. The first kappa shape index (κ1) is 17.5. The van der Waals surface area contributed by atoms with Gasteiger partial charge in [-0.05, 0) is 37.0 Å². The number of hydrogen-bond acceptors (Lipinski definition) is 4.